The average molecular weight is 376 g/mol. The lowest BCUT2D eigenvalue weighted by Gasteiger charge is -2.28. The highest BCUT2D eigenvalue weighted by atomic mass is 35.5. The number of hydrogen-bond acceptors (Lipinski definition) is 6. The molecule has 2 aromatic rings. The Balaban J connectivity index is 1.83. The van der Waals surface area contributed by atoms with Crippen molar-refractivity contribution in [3.05, 3.63) is 52.8 Å². The number of aromatic hydroxyl groups is 1. The van der Waals surface area contributed by atoms with Crippen molar-refractivity contribution in [2.75, 3.05) is 13.7 Å². The van der Waals surface area contributed by atoms with Gasteiger partial charge in [0.25, 0.3) is 0 Å². The SMILES string of the molecule is COc1cc([C@H]2[C@@H](c3ccccn3)N=C3S[C@@H](C)CN32)c(Cl)cc1O. The molecule has 0 radical (unpaired) electrons. The fraction of sp³-hybridized carbons (Fsp3) is 0.333. The molecule has 0 amide bonds. The summed E-state index contributed by atoms with van der Waals surface area (Å²) in [5, 5.41) is 12.0. The van der Waals surface area contributed by atoms with Crippen LogP contribution in [0.2, 0.25) is 5.02 Å². The molecule has 1 aromatic heterocycles. The smallest absolute Gasteiger partial charge is 0.160 e. The summed E-state index contributed by atoms with van der Waals surface area (Å²) in [6.07, 6.45) is 1.78. The van der Waals surface area contributed by atoms with Gasteiger partial charge in [-0.3, -0.25) is 9.98 Å². The number of pyridine rings is 1. The average Bonchev–Trinajstić information content (AvgIpc) is 3.12. The van der Waals surface area contributed by atoms with Gasteiger partial charge in [-0.1, -0.05) is 36.4 Å². The van der Waals surface area contributed by atoms with E-state index in [0.29, 0.717) is 16.0 Å². The number of phenolic OH excluding ortho intramolecular Hbond substituents is 1. The van der Waals surface area contributed by atoms with Gasteiger partial charge in [0.05, 0.1) is 18.8 Å². The minimum atomic E-state index is -0.136. The zero-order valence-electron chi connectivity index (χ0n) is 13.9. The molecule has 0 spiro atoms. The van der Waals surface area contributed by atoms with Gasteiger partial charge in [-0.05, 0) is 23.8 Å². The molecule has 7 heteroatoms. The molecular weight excluding hydrogens is 358 g/mol. The first-order valence-corrected chi connectivity index (χ1v) is 9.32. The second-order valence-corrected chi connectivity index (χ2v) is 8.00. The first kappa shape index (κ1) is 16.5. The van der Waals surface area contributed by atoms with Crippen LogP contribution in [0.5, 0.6) is 11.5 Å². The molecule has 1 saturated heterocycles. The number of halogens is 1. The van der Waals surface area contributed by atoms with Gasteiger partial charge < -0.3 is 14.7 Å². The van der Waals surface area contributed by atoms with Crippen molar-refractivity contribution in [2.24, 2.45) is 4.99 Å². The minimum absolute atomic E-state index is 0.0361. The number of amidine groups is 1. The highest BCUT2D eigenvalue weighted by Gasteiger charge is 2.44. The minimum Gasteiger partial charge on any atom is -0.504 e. The lowest BCUT2D eigenvalue weighted by Crippen LogP contribution is -2.28. The number of aliphatic imine (C=N–C) groups is 1. The highest BCUT2D eigenvalue weighted by molar-refractivity contribution is 8.14. The highest BCUT2D eigenvalue weighted by Crippen LogP contribution is 2.50. The van der Waals surface area contributed by atoms with E-state index in [9.17, 15) is 5.11 Å². The van der Waals surface area contributed by atoms with Gasteiger partial charge in [0, 0.05) is 29.1 Å². The van der Waals surface area contributed by atoms with Crippen LogP contribution in [0, 0.1) is 0 Å². The number of benzene rings is 1. The fourth-order valence-electron chi connectivity index (χ4n) is 3.40. The molecule has 0 aliphatic carbocycles. The molecule has 0 bridgehead atoms. The third-order valence-electron chi connectivity index (χ3n) is 4.50. The molecule has 4 rings (SSSR count). The number of nitrogens with zero attached hydrogens (tertiary/aromatic N) is 3. The quantitative estimate of drug-likeness (QED) is 0.877. The topological polar surface area (TPSA) is 58.0 Å². The van der Waals surface area contributed by atoms with E-state index in [0.717, 1.165) is 23.0 Å². The Morgan fingerprint density at radius 1 is 1.36 bits per heavy atom. The van der Waals surface area contributed by atoms with Gasteiger partial charge in [-0.2, -0.15) is 0 Å². The van der Waals surface area contributed by atoms with E-state index >= 15 is 0 Å². The fourth-order valence-corrected chi connectivity index (χ4v) is 4.77. The lowest BCUT2D eigenvalue weighted by atomic mass is 9.96. The van der Waals surface area contributed by atoms with Crippen molar-refractivity contribution in [2.45, 2.75) is 24.3 Å². The number of phenols is 1. The van der Waals surface area contributed by atoms with Crippen LogP contribution in [0.15, 0.2) is 41.5 Å². The van der Waals surface area contributed by atoms with Crippen molar-refractivity contribution in [3.63, 3.8) is 0 Å². The predicted octanol–water partition coefficient (Wildman–Crippen LogP) is 4.04. The third-order valence-corrected chi connectivity index (χ3v) is 5.93. The zero-order valence-corrected chi connectivity index (χ0v) is 15.5. The van der Waals surface area contributed by atoms with Crippen molar-refractivity contribution >= 4 is 28.5 Å². The Bertz CT molecular complexity index is 831. The van der Waals surface area contributed by atoms with Crippen molar-refractivity contribution in [1.82, 2.24) is 9.88 Å². The summed E-state index contributed by atoms with van der Waals surface area (Å²) in [4.78, 5) is 11.7. The van der Waals surface area contributed by atoms with E-state index in [2.05, 4.69) is 16.8 Å². The van der Waals surface area contributed by atoms with Crippen molar-refractivity contribution in [1.29, 1.82) is 0 Å². The normalized spacial score (nSPS) is 25.0. The first-order valence-electron chi connectivity index (χ1n) is 8.07. The molecule has 1 fully saturated rings. The molecule has 3 heterocycles. The van der Waals surface area contributed by atoms with Crippen LogP contribution in [0.3, 0.4) is 0 Å². The van der Waals surface area contributed by atoms with Gasteiger partial charge in [-0.15, -0.1) is 0 Å². The maximum atomic E-state index is 10.0. The largest absolute Gasteiger partial charge is 0.504 e. The Hall–Kier alpha value is -1.92. The van der Waals surface area contributed by atoms with Gasteiger partial charge in [-0.25, -0.2) is 0 Å². The molecule has 2 aliphatic heterocycles. The number of thioether (sulfide) groups is 1. The van der Waals surface area contributed by atoms with Gasteiger partial charge in [0.15, 0.2) is 16.7 Å². The standard InChI is InChI=1S/C18H18ClN3O2S/c1-10-9-22-17(11-7-15(24-2)14(23)8-12(11)19)16(21-18(22)25-10)13-5-3-4-6-20-13/h3-8,10,16-17,23H,9H2,1-2H3/t10-,16+,17-/m0/s1. The molecule has 1 aromatic carbocycles. The van der Waals surface area contributed by atoms with Crippen LogP contribution >= 0.6 is 23.4 Å². The molecule has 25 heavy (non-hydrogen) atoms. The summed E-state index contributed by atoms with van der Waals surface area (Å²) in [5.41, 5.74) is 1.80. The molecule has 1 N–H and O–H groups in total. The Morgan fingerprint density at radius 3 is 2.92 bits per heavy atom. The molecule has 0 saturated carbocycles. The molecule has 5 nitrogen and oxygen atoms in total. The van der Waals surface area contributed by atoms with Crippen LogP contribution in [-0.4, -0.2) is 39.1 Å². The number of ether oxygens (including phenoxy) is 1. The van der Waals surface area contributed by atoms with Crippen LogP contribution in [0.1, 0.15) is 30.3 Å². The van der Waals surface area contributed by atoms with Gasteiger partial charge in [0.1, 0.15) is 6.04 Å². The number of fused-ring (bicyclic) bond motifs is 1. The second kappa shape index (κ2) is 6.42. The molecule has 3 atom stereocenters. The monoisotopic (exact) mass is 375 g/mol. The number of methoxy groups -OCH3 is 1. The Kier molecular flexibility index (Phi) is 4.25. The Morgan fingerprint density at radius 2 is 2.20 bits per heavy atom. The summed E-state index contributed by atoms with van der Waals surface area (Å²) >= 11 is 8.27. The van der Waals surface area contributed by atoms with E-state index in [4.69, 9.17) is 21.3 Å². The third kappa shape index (κ3) is 2.83. The van der Waals surface area contributed by atoms with Crippen molar-refractivity contribution in [3.8, 4) is 11.5 Å². The van der Waals surface area contributed by atoms with Crippen LogP contribution in [-0.2, 0) is 0 Å². The zero-order chi connectivity index (χ0) is 17.6. The first-order chi connectivity index (χ1) is 12.1. The summed E-state index contributed by atoms with van der Waals surface area (Å²) < 4.78 is 5.29. The number of aromatic nitrogens is 1. The Labute approximate surface area is 155 Å². The maximum Gasteiger partial charge on any atom is 0.160 e. The molecular formula is C18H18ClN3O2S. The van der Waals surface area contributed by atoms with E-state index < -0.39 is 0 Å². The van der Waals surface area contributed by atoms with Crippen LogP contribution in [0.25, 0.3) is 0 Å². The van der Waals surface area contributed by atoms with Crippen LogP contribution < -0.4 is 4.74 Å². The van der Waals surface area contributed by atoms with E-state index in [1.165, 1.54) is 13.2 Å². The number of rotatable bonds is 3. The van der Waals surface area contributed by atoms with E-state index in [-0.39, 0.29) is 17.8 Å². The van der Waals surface area contributed by atoms with Crippen molar-refractivity contribution < 1.29 is 9.84 Å². The van der Waals surface area contributed by atoms with Gasteiger partial charge in [0.2, 0.25) is 0 Å². The lowest BCUT2D eigenvalue weighted by molar-refractivity contribution is 0.318. The summed E-state index contributed by atoms with van der Waals surface area (Å²) in [6, 6.07) is 9.00. The molecule has 2 aliphatic rings. The number of hydrogen-bond donors (Lipinski definition) is 1. The second-order valence-electron chi connectivity index (χ2n) is 6.18. The summed E-state index contributed by atoms with van der Waals surface area (Å²) in [7, 11) is 1.54. The van der Waals surface area contributed by atoms with E-state index in [1.807, 2.05) is 24.3 Å². The summed E-state index contributed by atoms with van der Waals surface area (Å²) in [6.45, 7) is 3.09. The van der Waals surface area contributed by atoms with Gasteiger partial charge >= 0.3 is 0 Å². The molecule has 0 unspecified atom stereocenters. The molecule has 130 valence electrons. The van der Waals surface area contributed by atoms with E-state index in [1.54, 1.807) is 18.0 Å². The summed E-state index contributed by atoms with van der Waals surface area (Å²) in [5.74, 6) is 0.446. The van der Waals surface area contributed by atoms with Crippen LogP contribution in [0.4, 0.5) is 0 Å². The predicted molar refractivity (Wildman–Crippen MR) is 101 cm³/mol. The maximum absolute atomic E-state index is 10.0.